The van der Waals surface area contributed by atoms with Crippen molar-refractivity contribution in [3.8, 4) is 0 Å². The lowest BCUT2D eigenvalue weighted by Gasteiger charge is -2.28. The zero-order valence-corrected chi connectivity index (χ0v) is 16.3. The summed E-state index contributed by atoms with van der Waals surface area (Å²) in [5.74, 6) is -0.975. The Morgan fingerprint density at radius 1 is 1.29 bits per heavy atom. The predicted octanol–water partition coefficient (Wildman–Crippen LogP) is 4.30. The summed E-state index contributed by atoms with van der Waals surface area (Å²) in [5.41, 5.74) is 0.572. The second kappa shape index (κ2) is 6.76. The molecular weight excluding hydrogens is 432 g/mol. The number of amides is 2. The van der Waals surface area contributed by atoms with E-state index in [0.717, 1.165) is 14.2 Å². The van der Waals surface area contributed by atoms with Gasteiger partial charge < -0.3 is 0 Å². The van der Waals surface area contributed by atoms with Crippen LogP contribution in [0.2, 0.25) is 5.02 Å². The zero-order chi connectivity index (χ0) is 17.4. The van der Waals surface area contributed by atoms with Crippen molar-refractivity contribution < 1.29 is 9.59 Å². The first-order chi connectivity index (χ1) is 11.4. The summed E-state index contributed by atoms with van der Waals surface area (Å²) >= 11 is 16.0. The van der Waals surface area contributed by atoms with Crippen LogP contribution in [0.5, 0.6) is 0 Å². The summed E-state index contributed by atoms with van der Waals surface area (Å²) in [6.45, 7) is 1.95. The van der Waals surface area contributed by atoms with Gasteiger partial charge in [-0.1, -0.05) is 11.6 Å². The smallest absolute Gasteiger partial charge is 0.270 e. The number of anilines is 1. The highest BCUT2D eigenvalue weighted by Crippen LogP contribution is 2.30. The first-order valence-electron chi connectivity index (χ1n) is 6.80. The molecule has 0 aliphatic carbocycles. The standard InChI is InChI=1S/C16H10BrClN2O2S2/c1-8-6-12(17)13(24-8)7-11-14(21)19-16(23)20(15(11)22)10-4-2-9(18)3-5-10/h2-7H,1H3,(H,19,21,23)/b11-7+. The van der Waals surface area contributed by atoms with E-state index in [-0.39, 0.29) is 10.7 Å². The molecule has 1 aromatic heterocycles. The van der Waals surface area contributed by atoms with Gasteiger partial charge in [-0.05, 0) is 71.5 Å². The fourth-order valence-electron chi connectivity index (χ4n) is 2.21. The number of hydrogen-bond donors (Lipinski definition) is 1. The van der Waals surface area contributed by atoms with E-state index >= 15 is 0 Å². The molecule has 1 N–H and O–H groups in total. The van der Waals surface area contributed by atoms with Crippen LogP contribution in [-0.2, 0) is 9.59 Å². The normalized spacial score (nSPS) is 16.7. The third-order valence-corrected chi connectivity index (χ3v) is 5.75. The lowest BCUT2D eigenvalue weighted by Crippen LogP contribution is -2.54. The Morgan fingerprint density at radius 2 is 1.96 bits per heavy atom. The zero-order valence-electron chi connectivity index (χ0n) is 12.3. The van der Waals surface area contributed by atoms with Gasteiger partial charge in [-0.3, -0.25) is 19.8 Å². The van der Waals surface area contributed by atoms with E-state index in [1.807, 2.05) is 13.0 Å². The van der Waals surface area contributed by atoms with Gasteiger partial charge in [0.05, 0.1) is 5.69 Å². The van der Waals surface area contributed by atoms with Crippen LogP contribution in [-0.4, -0.2) is 16.9 Å². The number of rotatable bonds is 2. The van der Waals surface area contributed by atoms with E-state index in [1.54, 1.807) is 30.3 Å². The lowest BCUT2D eigenvalue weighted by atomic mass is 10.1. The van der Waals surface area contributed by atoms with Gasteiger partial charge in [0.25, 0.3) is 11.8 Å². The van der Waals surface area contributed by atoms with Crippen molar-refractivity contribution in [2.45, 2.75) is 6.92 Å². The average molecular weight is 442 g/mol. The number of thiophene rings is 1. The highest BCUT2D eigenvalue weighted by atomic mass is 79.9. The summed E-state index contributed by atoms with van der Waals surface area (Å²) in [6.07, 6.45) is 1.57. The molecule has 1 aliphatic rings. The largest absolute Gasteiger partial charge is 0.298 e. The second-order valence-electron chi connectivity index (χ2n) is 5.00. The van der Waals surface area contributed by atoms with Crippen molar-refractivity contribution >= 4 is 79.8 Å². The molecule has 0 spiro atoms. The van der Waals surface area contributed by atoms with Gasteiger partial charge >= 0.3 is 0 Å². The van der Waals surface area contributed by atoms with Gasteiger partial charge in [0.1, 0.15) is 5.57 Å². The number of benzene rings is 1. The van der Waals surface area contributed by atoms with Crippen LogP contribution in [0.25, 0.3) is 6.08 Å². The molecule has 1 aromatic carbocycles. The van der Waals surface area contributed by atoms with Gasteiger partial charge in [-0.15, -0.1) is 11.3 Å². The second-order valence-corrected chi connectivity index (χ2v) is 7.97. The highest BCUT2D eigenvalue weighted by Gasteiger charge is 2.34. The fourth-order valence-corrected chi connectivity index (χ4v) is 4.33. The Labute approximate surface area is 161 Å². The Bertz CT molecular complexity index is 890. The molecule has 0 bridgehead atoms. The molecule has 122 valence electrons. The molecule has 2 aromatic rings. The molecule has 0 unspecified atom stereocenters. The third kappa shape index (κ3) is 3.30. The summed E-state index contributed by atoms with van der Waals surface area (Å²) in [7, 11) is 0. The molecule has 1 saturated heterocycles. The molecule has 0 saturated carbocycles. The molecule has 24 heavy (non-hydrogen) atoms. The Morgan fingerprint density at radius 3 is 2.54 bits per heavy atom. The first kappa shape index (κ1) is 17.3. The van der Waals surface area contributed by atoms with Crippen molar-refractivity contribution in [3.63, 3.8) is 0 Å². The molecule has 0 atom stereocenters. The van der Waals surface area contributed by atoms with Crippen molar-refractivity contribution in [2.75, 3.05) is 4.90 Å². The minimum Gasteiger partial charge on any atom is -0.298 e. The van der Waals surface area contributed by atoms with Crippen LogP contribution in [0.3, 0.4) is 0 Å². The topological polar surface area (TPSA) is 49.4 Å². The number of carbonyl (C=O) groups is 2. The monoisotopic (exact) mass is 440 g/mol. The number of aryl methyl sites for hydroxylation is 1. The number of nitrogens with zero attached hydrogens (tertiary/aromatic N) is 1. The maximum Gasteiger partial charge on any atom is 0.270 e. The van der Waals surface area contributed by atoms with E-state index < -0.39 is 11.8 Å². The molecule has 0 radical (unpaired) electrons. The number of halogens is 2. The third-order valence-electron chi connectivity index (χ3n) is 3.30. The van der Waals surface area contributed by atoms with Crippen LogP contribution < -0.4 is 10.2 Å². The number of carbonyl (C=O) groups excluding carboxylic acids is 2. The SMILES string of the molecule is Cc1cc(Br)c(/C=C2\C(=O)NC(=S)N(c3ccc(Cl)cc3)C2=O)s1. The Hall–Kier alpha value is -1.54. The Kier molecular flexibility index (Phi) is 4.87. The first-order valence-corrected chi connectivity index (χ1v) is 9.19. The van der Waals surface area contributed by atoms with E-state index in [9.17, 15) is 9.59 Å². The molecule has 1 aliphatic heterocycles. The molecular formula is C16H10BrClN2O2S2. The van der Waals surface area contributed by atoms with Crippen LogP contribution in [0.1, 0.15) is 9.75 Å². The number of thiocarbonyl (C=S) groups is 1. The average Bonchev–Trinajstić information content (AvgIpc) is 2.83. The van der Waals surface area contributed by atoms with Crippen molar-refractivity contribution in [2.24, 2.45) is 0 Å². The van der Waals surface area contributed by atoms with Gasteiger partial charge in [0.2, 0.25) is 0 Å². The predicted molar refractivity (Wildman–Crippen MR) is 104 cm³/mol. The van der Waals surface area contributed by atoms with Crippen molar-refractivity contribution in [3.05, 3.63) is 55.2 Å². The van der Waals surface area contributed by atoms with Gasteiger partial charge in [-0.2, -0.15) is 0 Å². The molecule has 4 nitrogen and oxygen atoms in total. The van der Waals surface area contributed by atoms with Crippen LogP contribution >= 0.6 is 51.1 Å². The number of nitrogens with one attached hydrogen (secondary N) is 1. The molecule has 8 heteroatoms. The minimum atomic E-state index is -0.506. The molecule has 2 heterocycles. The quantitative estimate of drug-likeness (QED) is 0.429. The maximum atomic E-state index is 12.8. The van der Waals surface area contributed by atoms with Crippen LogP contribution in [0, 0.1) is 6.92 Å². The van der Waals surface area contributed by atoms with Gasteiger partial charge in [0, 0.05) is 19.2 Å². The van der Waals surface area contributed by atoms with Crippen molar-refractivity contribution in [1.29, 1.82) is 0 Å². The van der Waals surface area contributed by atoms with Crippen LogP contribution in [0.4, 0.5) is 5.69 Å². The molecule has 3 rings (SSSR count). The van der Waals surface area contributed by atoms with Crippen molar-refractivity contribution in [1.82, 2.24) is 5.32 Å². The number of hydrogen-bond acceptors (Lipinski definition) is 4. The van der Waals surface area contributed by atoms with Gasteiger partial charge in [-0.25, -0.2) is 0 Å². The highest BCUT2D eigenvalue weighted by molar-refractivity contribution is 9.10. The summed E-state index contributed by atoms with van der Waals surface area (Å²) < 4.78 is 0.837. The summed E-state index contributed by atoms with van der Waals surface area (Å²) in [4.78, 5) is 28.2. The molecule has 2 amide bonds. The Balaban J connectivity index is 2.03. The summed E-state index contributed by atoms with van der Waals surface area (Å²) in [5, 5.41) is 3.15. The van der Waals surface area contributed by atoms with E-state index in [0.29, 0.717) is 10.7 Å². The minimum absolute atomic E-state index is 0.0288. The van der Waals surface area contributed by atoms with E-state index in [2.05, 4.69) is 21.2 Å². The fraction of sp³-hybridized carbons (Fsp3) is 0.0625. The lowest BCUT2D eigenvalue weighted by molar-refractivity contribution is -0.122. The summed E-state index contributed by atoms with van der Waals surface area (Å²) in [6, 6.07) is 8.60. The van der Waals surface area contributed by atoms with Crippen LogP contribution in [0.15, 0.2) is 40.4 Å². The van der Waals surface area contributed by atoms with Gasteiger partial charge in [0.15, 0.2) is 5.11 Å². The molecule has 1 fully saturated rings. The van der Waals surface area contributed by atoms with E-state index in [4.69, 9.17) is 23.8 Å². The van der Waals surface area contributed by atoms with E-state index in [1.165, 1.54) is 16.2 Å². The maximum absolute atomic E-state index is 12.8.